The first-order valence-corrected chi connectivity index (χ1v) is 6.09. The van der Waals surface area contributed by atoms with Gasteiger partial charge in [0.1, 0.15) is 0 Å². The molecule has 1 rings (SSSR count). The van der Waals surface area contributed by atoms with Crippen molar-refractivity contribution in [3.8, 4) is 0 Å². The van der Waals surface area contributed by atoms with Gasteiger partial charge < -0.3 is 19.9 Å². The molecule has 98 valence electrons. The van der Waals surface area contributed by atoms with Crippen molar-refractivity contribution in [1.29, 1.82) is 0 Å². The van der Waals surface area contributed by atoms with Crippen LogP contribution < -0.4 is 5.32 Å². The van der Waals surface area contributed by atoms with Gasteiger partial charge in [-0.05, 0) is 13.5 Å². The maximum atomic E-state index is 11.7. The monoisotopic (exact) mass is 243 g/mol. The third-order valence-electron chi connectivity index (χ3n) is 2.68. The van der Waals surface area contributed by atoms with Gasteiger partial charge in [-0.2, -0.15) is 0 Å². The van der Waals surface area contributed by atoms with Gasteiger partial charge in [-0.25, -0.2) is 4.79 Å². The first kappa shape index (κ1) is 13.8. The molecule has 0 aromatic heterocycles. The van der Waals surface area contributed by atoms with Crippen LogP contribution in [0.5, 0.6) is 0 Å². The summed E-state index contributed by atoms with van der Waals surface area (Å²) in [5.41, 5.74) is 0. The smallest absolute Gasteiger partial charge is 0.409 e. The Kier molecular flexibility index (Phi) is 5.76. The molecule has 0 aliphatic carbocycles. The van der Waals surface area contributed by atoms with E-state index >= 15 is 0 Å². The van der Waals surface area contributed by atoms with Gasteiger partial charge in [0.2, 0.25) is 5.91 Å². The molecule has 0 aromatic rings. The molecule has 0 radical (unpaired) electrons. The summed E-state index contributed by atoms with van der Waals surface area (Å²) in [5.74, 6) is 0.0929. The highest BCUT2D eigenvalue weighted by Gasteiger charge is 2.24. The molecule has 0 spiro atoms. The zero-order chi connectivity index (χ0) is 12.7. The van der Waals surface area contributed by atoms with Crippen molar-refractivity contribution < 1.29 is 14.3 Å². The number of carbonyl (C=O) groups excluding carboxylic acids is 2. The Morgan fingerprint density at radius 2 is 1.71 bits per heavy atom. The van der Waals surface area contributed by atoms with E-state index in [1.807, 2.05) is 6.92 Å². The third-order valence-corrected chi connectivity index (χ3v) is 2.68. The second-order valence-electron chi connectivity index (χ2n) is 3.85. The zero-order valence-corrected chi connectivity index (χ0v) is 10.6. The molecular weight excluding hydrogens is 222 g/mol. The largest absolute Gasteiger partial charge is 0.450 e. The van der Waals surface area contributed by atoms with Crippen LogP contribution in [0.2, 0.25) is 0 Å². The predicted molar refractivity (Wildman–Crippen MR) is 63.7 cm³/mol. The molecule has 0 atom stereocenters. The first-order chi connectivity index (χ1) is 8.19. The highest BCUT2D eigenvalue weighted by Crippen LogP contribution is 2.03. The van der Waals surface area contributed by atoms with Gasteiger partial charge in [-0.15, -0.1) is 0 Å². The Labute approximate surface area is 102 Å². The topological polar surface area (TPSA) is 61.9 Å². The average Bonchev–Trinajstić information content (AvgIpc) is 2.36. The molecule has 0 aromatic carbocycles. The molecule has 1 aliphatic heterocycles. The molecule has 0 saturated carbocycles. The molecule has 1 aliphatic rings. The maximum absolute atomic E-state index is 11.7. The molecule has 17 heavy (non-hydrogen) atoms. The Morgan fingerprint density at radius 3 is 2.24 bits per heavy atom. The van der Waals surface area contributed by atoms with Crippen LogP contribution >= 0.6 is 0 Å². The van der Waals surface area contributed by atoms with Crippen LogP contribution in [-0.4, -0.2) is 67.7 Å². The number of hydrogen-bond donors (Lipinski definition) is 1. The lowest BCUT2D eigenvalue weighted by atomic mass is 10.3. The fraction of sp³-hybridized carbons (Fsp3) is 0.818. The van der Waals surface area contributed by atoms with Crippen molar-refractivity contribution in [2.24, 2.45) is 0 Å². The molecule has 2 amide bonds. The number of nitrogens with one attached hydrogen (secondary N) is 1. The van der Waals surface area contributed by atoms with Crippen LogP contribution in [0.15, 0.2) is 0 Å². The van der Waals surface area contributed by atoms with Crippen LogP contribution in [0.3, 0.4) is 0 Å². The summed E-state index contributed by atoms with van der Waals surface area (Å²) in [6, 6.07) is 0. The van der Waals surface area contributed by atoms with Gasteiger partial charge in [0.15, 0.2) is 0 Å². The SMILES string of the molecule is CCNCC(=O)N1CCN(C(=O)OCC)CC1. The normalized spacial score (nSPS) is 15.9. The first-order valence-electron chi connectivity index (χ1n) is 6.09. The number of nitrogens with zero attached hydrogens (tertiary/aromatic N) is 2. The Hall–Kier alpha value is -1.30. The lowest BCUT2D eigenvalue weighted by Gasteiger charge is -2.34. The van der Waals surface area contributed by atoms with Gasteiger partial charge >= 0.3 is 6.09 Å². The minimum absolute atomic E-state index is 0.0929. The van der Waals surface area contributed by atoms with Crippen molar-refractivity contribution >= 4 is 12.0 Å². The highest BCUT2D eigenvalue weighted by molar-refractivity contribution is 5.78. The zero-order valence-electron chi connectivity index (χ0n) is 10.6. The van der Waals surface area contributed by atoms with Gasteiger partial charge in [-0.1, -0.05) is 6.92 Å². The molecule has 6 heteroatoms. The quantitative estimate of drug-likeness (QED) is 0.749. The van der Waals surface area contributed by atoms with Crippen LogP contribution in [-0.2, 0) is 9.53 Å². The predicted octanol–water partition coefficient (Wildman–Crippen LogP) is -0.103. The number of piperazine rings is 1. The van der Waals surface area contributed by atoms with E-state index in [1.165, 1.54) is 0 Å². The van der Waals surface area contributed by atoms with Crippen LogP contribution in [0, 0.1) is 0 Å². The summed E-state index contributed by atoms with van der Waals surface area (Å²) in [6.45, 7) is 7.57. The standard InChI is InChI=1S/C11H21N3O3/c1-3-12-9-10(15)13-5-7-14(8-6-13)11(16)17-4-2/h12H,3-9H2,1-2H3. The highest BCUT2D eigenvalue weighted by atomic mass is 16.6. The second kappa shape index (κ2) is 7.11. The van der Waals surface area contributed by atoms with Crippen LogP contribution in [0.4, 0.5) is 4.79 Å². The molecule has 0 unspecified atom stereocenters. The second-order valence-corrected chi connectivity index (χ2v) is 3.85. The van der Waals surface area contributed by atoms with Gasteiger partial charge in [0.05, 0.1) is 13.2 Å². The minimum atomic E-state index is -0.286. The molecule has 1 fully saturated rings. The fourth-order valence-corrected chi connectivity index (χ4v) is 1.70. The molecule has 1 heterocycles. The van der Waals surface area contributed by atoms with Gasteiger partial charge in [-0.3, -0.25) is 4.79 Å². The number of likely N-dealkylation sites (N-methyl/N-ethyl adjacent to an activating group) is 1. The number of hydrogen-bond acceptors (Lipinski definition) is 4. The van der Waals surface area contributed by atoms with Crippen molar-refractivity contribution in [1.82, 2.24) is 15.1 Å². The third kappa shape index (κ3) is 4.22. The van der Waals surface area contributed by atoms with Gasteiger partial charge in [0.25, 0.3) is 0 Å². The van der Waals surface area contributed by atoms with E-state index in [2.05, 4.69) is 5.32 Å². The summed E-state index contributed by atoms with van der Waals surface area (Å²) in [5, 5.41) is 3.00. The summed E-state index contributed by atoms with van der Waals surface area (Å²) < 4.78 is 4.91. The summed E-state index contributed by atoms with van der Waals surface area (Å²) in [4.78, 5) is 26.5. The Balaban J connectivity index is 2.30. The minimum Gasteiger partial charge on any atom is -0.450 e. The number of ether oxygens (including phenoxy) is 1. The van der Waals surface area contributed by atoms with Crippen molar-refractivity contribution in [2.45, 2.75) is 13.8 Å². The van der Waals surface area contributed by atoms with Crippen LogP contribution in [0.25, 0.3) is 0 Å². The maximum Gasteiger partial charge on any atom is 0.409 e. The molecule has 6 nitrogen and oxygen atoms in total. The summed E-state index contributed by atoms with van der Waals surface area (Å²) in [7, 11) is 0. The average molecular weight is 243 g/mol. The van der Waals surface area contributed by atoms with Crippen molar-refractivity contribution in [3.05, 3.63) is 0 Å². The van der Waals surface area contributed by atoms with E-state index in [0.717, 1.165) is 6.54 Å². The van der Waals surface area contributed by atoms with E-state index in [0.29, 0.717) is 39.3 Å². The van der Waals surface area contributed by atoms with Crippen molar-refractivity contribution in [3.63, 3.8) is 0 Å². The lowest BCUT2D eigenvalue weighted by Crippen LogP contribution is -2.52. The summed E-state index contributed by atoms with van der Waals surface area (Å²) >= 11 is 0. The number of carbonyl (C=O) groups is 2. The van der Waals surface area contributed by atoms with E-state index in [4.69, 9.17) is 4.74 Å². The van der Waals surface area contributed by atoms with E-state index in [9.17, 15) is 9.59 Å². The molecule has 0 bridgehead atoms. The molecule has 1 saturated heterocycles. The Morgan fingerprint density at radius 1 is 1.12 bits per heavy atom. The van der Waals surface area contributed by atoms with E-state index < -0.39 is 0 Å². The van der Waals surface area contributed by atoms with E-state index in [-0.39, 0.29) is 12.0 Å². The number of rotatable bonds is 4. The fourth-order valence-electron chi connectivity index (χ4n) is 1.70. The number of amides is 2. The summed E-state index contributed by atoms with van der Waals surface area (Å²) in [6.07, 6.45) is -0.286. The molecular formula is C11H21N3O3. The lowest BCUT2D eigenvalue weighted by molar-refractivity contribution is -0.131. The van der Waals surface area contributed by atoms with Gasteiger partial charge in [0, 0.05) is 26.2 Å². The van der Waals surface area contributed by atoms with Crippen molar-refractivity contribution in [2.75, 3.05) is 45.9 Å². The Bertz CT molecular complexity index is 263. The van der Waals surface area contributed by atoms with E-state index in [1.54, 1.807) is 16.7 Å². The molecule has 1 N–H and O–H groups in total. The van der Waals surface area contributed by atoms with Crippen LogP contribution in [0.1, 0.15) is 13.8 Å².